The molecule has 0 atom stereocenters. The Labute approximate surface area is 121 Å². The lowest BCUT2D eigenvalue weighted by atomic mass is 9.89. The van der Waals surface area contributed by atoms with Gasteiger partial charge in [0.25, 0.3) is 0 Å². The summed E-state index contributed by atoms with van der Waals surface area (Å²) in [5.74, 6) is 0.627. The van der Waals surface area contributed by atoms with Crippen molar-refractivity contribution in [1.82, 2.24) is 4.90 Å². The Morgan fingerprint density at radius 2 is 1.84 bits per heavy atom. The highest BCUT2D eigenvalue weighted by Crippen LogP contribution is 2.32. The van der Waals surface area contributed by atoms with Crippen LogP contribution in [-0.4, -0.2) is 36.2 Å². The summed E-state index contributed by atoms with van der Waals surface area (Å²) in [6.45, 7) is 3.86. The zero-order chi connectivity index (χ0) is 13.5. The van der Waals surface area contributed by atoms with E-state index >= 15 is 0 Å². The van der Waals surface area contributed by atoms with Gasteiger partial charge in [-0.3, -0.25) is 0 Å². The number of aliphatic hydroxyl groups excluding tert-OH is 1. The first-order chi connectivity index (χ1) is 9.31. The lowest BCUT2D eigenvalue weighted by Crippen LogP contribution is -2.33. The van der Waals surface area contributed by atoms with Crippen molar-refractivity contribution in [1.29, 1.82) is 0 Å². The van der Waals surface area contributed by atoms with Gasteiger partial charge >= 0.3 is 0 Å². The number of halogens is 1. The first-order valence-electron chi connectivity index (χ1n) is 7.39. The lowest BCUT2D eigenvalue weighted by Gasteiger charge is -2.32. The van der Waals surface area contributed by atoms with Gasteiger partial charge in [0.15, 0.2) is 0 Å². The number of rotatable bonds is 6. The summed E-state index contributed by atoms with van der Waals surface area (Å²) in [5.41, 5.74) is 1.32. The Morgan fingerprint density at radius 1 is 1.11 bits per heavy atom. The number of piperidine rings is 1. The van der Waals surface area contributed by atoms with Gasteiger partial charge < -0.3 is 10.0 Å². The van der Waals surface area contributed by atoms with E-state index < -0.39 is 0 Å². The molecule has 0 aliphatic carbocycles. The van der Waals surface area contributed by atoms with Gasteiger partial charge in [-0.1, -0.05) is 29.8 Å². The van der Waals surface area contributed by atoms with Gasteiger partial charge in [0.1, 0.15) is 0 Å². The maximum atomic E-state index is 8.76. The Hall–Kier alpha value is -0.570. The van der Waals surface area contributed by atoms with Crippen molar-refractivity contribution in [3.63, 3.8) is 0 Å². The maximum absolute atomic E-state index is 8.76. The van der Waals surface area contributed by atoms with Crippen LogP contribution in [0.25, 0.3) is 0 Å². The minimum absolute atomic E-state index is 0.328. The van der Waals surface area contributed by atoms with Crippen molar-refractivity contribution in [2.75, 3.05) is 26.2 Å². The predicted molar refractivity (Wildman–Crippen MR) is 80.8 cm³/mol. The first-order valence-corrected chi connectivity index (χ1v) is 7.76. The number of aliphatic hydroxyl groups is 1. The number of unbranched alkanes of at least 4 members (excludes halogenated alkanes) is 2. The van der Waals surface area contributed by atoms with Gasteiger partial charge in [-0.15, -0.1) is 0 Å². The van der Waals surface area contributed by atoms with Crippen molar-refractivity contribution in [2.24, 2.45) is 0 Å². The van der Waals surface area contributed by atoms with Gasteiger partial charge in [0.05, 0.1) is 0 Å². The van der Waals surface area contributed by atoms with Gasteiger partial charge in [-0.2, -0.15) is 0 Å². The number of benzene rings is 1. The average Bonchev–Trinajstić information content (AvgIpc) is 2.45. The van der Waals surface area contributed by atoms with Crippen LogP contribution in [0.2, 0.25) is 5.02 Å². The summed E-state index contributed by atoms with van der Waals surface area (Å²) in [4.78, 5) is 2.55. The smallest absolute Gasteiger partial charge is 0.0440 e. The molecule has 2 nitrogen and oxygen atoms in total. The Kier molecular flexibility index (Phi) is 6.15. The monoisotopic (exact) mass is 281 g/mol. The molecule has 1 fully saturated rings. The summed E-state index contributed by atoms with van der Waals surface area (Å²) in [6.07, 6.45) is 5.71. The molecule has 19 heavy (non-hydrogen) atoms. The molecule has 0 radical (unpaired) electrons. The fourth-order valence-corrected chi connectivity index (χ4v) is 3.19. The highest BCUT2D eigenvalue weighted by molar-refractivity contribution is 6.31. The third-order valence-electron chi connectivity index (χ3n) is 4.07. The molecule has 106 valence electrons. The molecule has 2 rings (SSSR count). The molecule has 0 saturated carbocycles. The second kappa shape index (κ2) is 7.88. The Bertz CT molecular complexity index is 375. The molecule has 1 heterocycles. The number of likely N-dealkylation sites (tertiary alicyclic amines) is 1. The van der Waals surface area contributed by atoms with Crippen LogP contribution in [0.4, 0.5) is 0 Å². The molecule has 1 aliphatic rings. The van der Waals surface area contributed by atoms with Crippen LogP contribution in [0.3, 0.4) is 0 Å². The van der Waals surface area contributed by atoms with E-state index in [4.69, 9.17) is 16.7 Å². The first kappa shape index (κ1) is 14.8. The number of hydrogen-bond donors (Lipinski definition) is 1. The van der Waals surface area contributed by atoms with Crippen LogP contribution < -0.4 is 0 Å². The van der Waals surface area contributed by atoms with Gasteiger partial charge in [0, 0.05) is 11.6 Å². The normalized spacial score (nSPS) is 17.8. The highest BCUT2D eigenvalue weighted by Gasteiger charge is 2.21. The summed E-state index contributed by atoms with van der Waals surface area (Å²) in [5, 5.41) is 9.68. The Morgan fingerprint density at radius 3 is 2.53 bits per heavy atom. The molecule has 3 heteroatoms. The van der Waals surface area contributed by atoms with E-state index in [2.05, 4.69) is 17.0 Å². The van der Waals surface area contributed by atoms with E-state index in [1.54, 1.807) is 0 Å². The van der Waals surface area contributed by atoms with Crippen LogP contribution in [0.5, 0.6) is 0 Å². The van der Waals surface area contributed by atoms with E-state index in [0.717, 1.165) is 17.9 Å². The highest BCUT2D eigenvalue weighted by atomic mass is 35.5. The van der Waals surface area contributed by atoms with Crippen LogP contribution >= 0.6 is 11.6 Å². The molecule has 0 bridgehead atoms. The van der Waals surface area contributed by atoms with Gasteiger partial charge in [-0.05, 0) is 69.3 Å². The molecular weight excluding hydrogens is 258 g/mol. The Balaban J connectivity index is 1.75. The molecule has 1 aromatic carbocycles. The molecule has 0 aromatic heterocycles. The summed E-state index contributed by atoms with van der Waals surface area (Å²) in [7, 11) is 0. The molecule has 1 aliphatic heterocycles. The quantitative estimate of drug-likeness (QED) is 0.804. The topological polar surface area (TPSA) is 23.5 Å². The maximum Gasteiger partial charge on any atom is 0.0440 e. The second-order valence-electron chi connectivity index (χ2n) is 5.42. The average molecular weight is 282 g/mol. The lowest BCUT2D eigenvalue weighted by molar-refractivity contribution is 0.205. The molecule has 1 aromatic rings. The summed E-state index contributed by atoms with van der Waals surface area (Å²) in [6, 6.07) is 8.26. The number of hydrogen-bond acceptors (Lipinski definition) is 2. The van der Waals surface area contributed by atoms with E-state index in [1.165, 1.54) is 44.5 Å². The molecular formula is C16H24ClNO. The molecule has 0 spiro atoms. The third kappa shape index (κ3) is 4.48. The zero-order valence-electron chi connectivity index (χ0n) is 11.5. The van der Waals surface area contributed by atoms with Crippen LogP contribution in [0.15, 0.2) is 24.3 Å². The van der Waals surface area contributed by atoms with E-state index in [9.17, 15) is 0 Å². The van der Waals surface area contributed by atoms with Crippen molar-refractivity contribution in [3.8, 4) is 0 Å². The van der Waals surface area contributed by atoms with Crippen molar-refractivity contribution in [2.45, 2.75) is 38.0 Å². The van der Waals surface area contributed by atoms with Crippen LogP contribution in [0.1, 0.15) is 43.6 Å². The van der Waals surface area contributed by atoms with Crippen molar-refractivity contribution >= 4 is 11.6 Å². The minimum atomic E-state index is 0.328. The summed E-state index contributed by atoms with van der Waals surface area (Å²) >= 11 is 6.28. The van der Waals surface area contributed by atoms with E-state index in [-0.39, 0.29) is 0 Å². The number of nitrogens with zero attached hydrogens (tertiary/aromatic N) is 1. The molecule has 0 amide bonds. The van der Waals surface area contributed by atoms with Crippen LogP contribution in [-0.2, 0) is 0 Å². The van der Waals surface area contributed by atoms with Crippen molar-refractivity contribution in [3.05, 3.63) is 34.9 Å². The van der Waals surface area contributed by atoms with E-state index in [0.29, 0.717) is 12.5 Å². The second-order valence-corrected chi connectivity index (χ2v) is 5.83. The van der Waals surface area contributed by atoms with Gasteiger partial charge in [0.2, 0.25) is 0 Å². The molecule has 0 unspecified atom stereocenters. The SMILES string of the molecule is OCCCCCN1CCC(c2ccccc2Cl)CC1. The molecule has 1 saturated heterocycles. The minimum Gasteiger partial charge on any atom is -0.396 e. The summed E-state index contributed by atoms with van der Waals surface area (Å²) < 4.78 is 0. The standard InChI is InChI=1S/C16H24ClNO/c17-16-7-3-2-6-15(16)14-8-11-18(12-9-14)10-4-1-5-13-19/h2-3,6-7,14,19H,1,4-5,8-13H2. The molecule has 1 N–H and O–H groups in total. The van der Waals surface area contributed by atoms with E-state index in [1.807, 2.05) is 12.1 Å². The van der Waals surface area contributed by atoms with Crippen LogP contribution in [0, 0.1) is 0 Å². The fourth-order valence-electron chi connectivity index (χ4n) is 2.90. The fraction of sp³-hybridized carbons (Fsp3) is 0.625. The predicted octanol–water partition coefficient (Wildman–Crippen LogP) is 3.68. The van der Waals surface area contributed by atoms with Crippen molar-refractivity contribution < 1.29 is 5.11 Å². The van der Waals surface area contributed by atoms with Gasteiger partial charge in [-0.25, -0.2) is 0 Å². The zero-order valence-corrected chi connectivity index (χ0v) is 12.3. The largest absolute Gasteiger partial charge is 0.396 e. The third-order valence-corrected chi connectivity index (χ3v) is 4.41.